The molecule has 3 aromatic carbocycles. The summed E-state index contributed by atoms with van der Waals surface area (Å²) in [7, 11) is 1.61. The van der Waals surface area contributed by atoms with Crippen LogP contribution in [0.15, 0.2) is 88.9 Å². The number of amides is 1. The van der Waals surface area contributed by atoms with E-state index in [1.54, 1.807) is 19.2 Å². The number of aromatic nitrogens is 1. The smallest absolute Gasteiger partial charge is 0.264 e. The first-order valence-electron chi connectivity index (χ1n) is 10.4. The van der Waals surface area contributed by atoms with Crippen LogP contribution in [0.25, 0.3) is 17.0 Å². The molecule has 1 aromatic heterocycles. The molecule has 1 aliphatic heterocycles. The van der Waals surface area contributed by atoms with Crippen LogP contribution >= 0.6 is 11.8 Å². The number of para-hydroxylation sites is 1. The van der Waals surface area contributed by atoms with Crippen molar-refractivity contribution in [2.45, 2.75) is 6.54 Å². The summed E-state index contributed by atoms with van der Waals surface area (Å²) in [6, 6.07) is 22.0. The molecular weight excluding hydrogens is 437 g/mol. The largest absolute Gasteiger partial charge is 0.497 e. The SMILES string of the molecule is COc1ccc(N=C2NC(=O)C(=Cc3cn(Cc4ccccc4F)c4ccccc34)S2)cc1. The number of hydrogen-bond acceptors (Lipinski definition) is 4. The lowest BCUT2D eigenvalue weighted by Gasteiger charge is -2.06. The fourth-order valence-electron chi connectivity index (χ4n) is 3.73. The number of fused-ring (bicyclic) bond motifs is 1. The van der Waals surface area contributed by atoms with E-state index in [0.29, 0.717) is 22.2 Å². The molecule has 164 valence electrons. The number of ether oxygens (including phenoxy) is 1. The lowest BCUT2D eigenvalue weighted by Crippen LogP contribution is -2.19. The second kappa shape index (κ2) is 8.96. The average molecular weight is 458 g/mol. The fraction of sp³-hybridized carbons (Fsp3) is 0.0769. The average Bonchev–Trinajstić information content (AvgIpc) is 3.35. The Bertz CT molecular complexity index is 1410. The van der Waals surface area contributed by atoms with Crippen molar-refractivity contribution in [2.75, 3.05) is 7.11 Å². The number of hydrogen-bond donors (Lipinski definition) is 1. The first-order chi connectivity index (χ1) is 16.1. The predicted molar refractivity (Wildman–Crippen MR) is 131 cm³/mol. The number of halogens is 1. The minimum Gasteiger partial charge on any atom is -0.497 e. The lowest BCUT2D eigenvalue weighted by atomic mass is 10.1. The van der Waals surface area contributed by atoms with Crippen LogP contribution in [0, 0.1) is 5.82 Å². The van der Waals surface area contributed by atoms with Gasteiger partial charge in [-0.2, -0.15) is 0 Å². The lowest BCUT2D eigenvalue weighted by molar-refractivity contribution is -0.115. The predicted octanol–water partition coefficient (Wildman–Crippen LogP) is 5.73. The minimum absolute atomic E-state index is 0.196. The van der Waals surface area contributed by atoms with Gasteiger partial charge >= 0.3 is 0 Å². The molecule has 33 heavy (non-hydrogen) atoms. The van der Waals surface area contributed by atoms with Crippen LogP contribution in [0.2, 0.25) is 0 Å². The summed E-state index contributed by atoms with van der Waals surface area (Å²) < 4.78 is 21.4. The third-order valence-electron chi connectivity index (χ3n) is 5.36. The zero-order valence-corrected chi connectivity index (χ0v) is 18.6. The normalized spacial score (nSPS) is 16.0. The van der Waals surface area contributed by atoms with Crippen LogP contribution in [-0.4, -0.2) is 22.8 Å². The third-order valence-corrected chi connectivity index (χ3v) is 6.27. The molecule has 2 heterocycles. The van der Waals surface area contributed by atoms with Crippen molar-refractivity contribution in [1.82, 2.24) is 9.88 Å². The molecule has 0 saturated carbocycles. The number of carbonyl (C=O) groups excluding carboxylic acids is 1. The third kappa shape index (κ3) is 4.40. The second-order valence-electron chi connectivity index (χ2n) is 7.50. The highest BCUT2D eigenvalue weighted by Crippen LogP contribution is 2.31. The van der Waals surface area contributed by atoms with Gasteiger partial charge in [-0.1, -0.05) is 36.4 Å². The van der Waals surface area contributed by atoms with Crippen molar-refractivity contribution in [2.24, 2.45) is 4.99 Å². The Hall–Kier alpha value is -3.84. The standard InChI is InChI=1S/C26H20FN3O2S/c1-32-20-12-10-19(11-13-20)28-26-29-25(31)24(33-26)14-18-16-30(23-9-5-3-7-21(18)23)15-17-6-2-4-8-22(17)27/h2-14,16H,15H2,1H3,(H,28,29,31). The molecule has 0 radical (unpaired) electrons. The van der Waals surface area contributed by atoms with E-state index in [2.05, 4.69) is 10.3 Å². The topological polar surface area (TPSA) is 55.6 Å². The highest BCUT2D eigenvalue weighted by molar-refractivity contribution is 8.18. The van der Waals surface area contributed by atoms with Crippen LogP contribution in [0.1, 0.15) is 11.1 Å². The van der Waals surface area contributed by atoms with Gasteiger partial charge in [-0.3, -0.25) is 4.79 Å². The van der Waals surface area contributed by atoms with E-state index in [-0.39, 0.29) is 11.7 Å². The Morgan fingerprint density at radius 3 is 2.61 bits per heavy atom. The first kappa shape index (κ1) is 21.0. The minimum atomic E-state index is -0.236. The van der Waals surface area contributed by atoms with Crippen molar-refractivity contribution in [1.29, 1.82) is 0 Å². The number of nitrogens with one attached hydrogen (secondary N) is 1. The monoisotopic (exact) mass is 457 g/mol. The number of carbonyl (C=O) groups is 1. The van der Waals surface area contributed by atoms with Gasteiger partial charge in [-0.25, -0.2) is 9.38 Å². The van der Waals surface area contributed by atoms with Crippen molar-refractivity contribution in [3.05, 3.63) is 101 Å². The van der Waals surface area contributed by atoms with E-state index in [4.69, 9.17) is 4.74 Å². The molecule has 5 rings (SSSR count). The maximum Gasteiger partial charge on any atom is 0.264 e. The van der Waals surface area contributed by atoms with E-state index in [0.717, 1.165) is 27.9 Å². The van der Waals surface area contributed by atoms with Crippen molar-refractivity contribution >= 4 is 45.5 Å². The van der Waals surface area contributed by atoms with Gasteiger partial charge < -0.3 is 14.6 Å². The highest BCUT2D eigenvalue weighted by atomic mass is 32.2. The number of benzene rings is 3. The van der Waals surface area contributed by atoms with E-state index >= 15 is 0 Å². The van der Waals surface area contributed by atoms with Crippen molar-refractivity contribution in [3.8, 4) is 5.75 Å². The molecule has 1 aliphatic rings. The van der Waals surface area contributed by atoms with Crippen molar-refractivity contribution in [3.63, 3.8) is 0 Å². The Morgan fingerprint density at radius 2 is 1.82 bits per heavy atom. The Kier molecular flexibility index (Phi) is 5.71. The van der Waals surface area contributed by atoms with Gasteiger partial charge in [-0.05, 0) is 54.2 Å². The molecule has 0 spiro atoms. The first-order valence-corrected chi connectivity index (χ1v) is 11.2. The maximum atomic E-state index is 14.2. The highest BCUT2D eigenvalue weighted by Gasteiger charge is 2.24. The molecule has 0 unspecified atom stereocenters. The zero-order chi connectivity index (χ0) is 22.8. The summed E-state index contributed by atoms with van der Waals surface area (Å²) in [4.78, 5) is 17.7. The number of nitrogens with zero attached hydrogens (tertiary/aromatic N) is 2. The summed E-state index contributed by atoms with van der Waals surface area (Å²) >= 11 is 1.29. The van der Waals surface area contributed by atoms with Crippen LogP contribution < -0.4 is 10.1 Å². The fourth-order valence-corrected chi connectivity index (χ4v) is 4.56. The second-order valence-corrected chi connectivity index (χ2v) is 8.53. The summed E-state index contributed by atoms with van der Waals surface area (Å²) in [5.74, 6) is 0.313. The van der Waals surface area contributed by atoms with Crippen LogP contribution in [0.4, 0.5) is 10.1 Å². The molecule has 0 atom stereocenters. The molecule has 0 aliphatic carbocycles. The van der Waals surface area contributed by atoms with Crippen LogP contribution in [0.3, 0.4) is 0 Å². The van der Waals surface area contributed by atoms with E-state index < -0.39 is 0 Å². The summed E-state index contributed by atoms with van der Waals surface area (Å²) in [5, 5.41) is 4.34. The number of methoxy groups -OCH3 is 1. The number of amidine groups is 1. The Balaban J connectivity index is 1.45. The van der Waals surface area contributed by atoms with Gasteiger partial charge in [0.05, 0.1) is 24.2 Å². The number of thioether (sulfide) groups is 1. The maximum absolute atomic E-state index is 14.2. The summed E-state index contributed by atoms with van der Waals surface area (Å²) in [6.45, 7) is 0.403. The van der Waals surface area contributed by atoms with Gasteiger partial charge in [0.15, 0.2) is 5.17 Å². The number of rotatable bonds is 5. The Labute approximate surface area is 194 Å². The Morgan fingerprint density at radius 1 is 1.06 bits per heavy atom. The van der Waals surface area contributed by atoms with E-state index in [1.165, 1.54) is 17.8 Å². The van der Waals surface area contributed by atoms with Crippen LogP contribution in [0.5, 0.6) is 5.75 Å². The summed E-state index contributed by atoms with van der Waals surface area (Å²) in [5.41, 5.74) is 3.20. The molecule has 5 nitrogen and oxygen atoms in total. The van der Waals surface area contributed by atoms with Gasteiger partial charge in [-0.15, -0.1) is 0 Å². The van der Waals surface area contributed by atoms with Gasteiger partial charge in [0, 0.05) is 28.2 Å². The molecular formula is C26H20FN3O2S. The van der Waals surface area contributed by atoms with E-state index in [9.17, 15) is 9.18 Å². The molecule has 1 N–H and O–H groups in total. The van der Waals surface area contributed by atoms with Gasteiger partial charge in [0.1, 0.15) is 11.6 Å². The molecule has 1 fully saturated rings. The molecule has 0 bridgehead atoms. The van der Waals surface area contributed by atoms with E-state index in [1.807, 2.05) is 71.4 Å². The van der Waals surface area contributed by atoms with Crippen molar-refractivity contribution < 1.29 is 13.9 Å². The number of aliphatic imine (C=N–C) groups is 1. The molecule has 1 amide bonds. The molecule has 1 saturated heterocycles. The quantitative estimate of drug-likeness (QED) is 0.390. The van der Waals surface area contributed by atoms with Gasteiger partial charge in [0.25, 0.3) is 5.91 Å². The van der Waals surface area contributed by atoms with Gasteiger partial charge in [0.2, 0.25) is 0 Å². The summed E-state index contributed by atoms with van der Waals surface area (Å²) in [6.07, 6.45) is 3.81. The zero-order valence-electron chi connectivity index (χ0n) is 17.8. The molecule has 7 heteroatoms. The van der Waals surface area contributed by atoms with Crippen LogP contribution in [-0.2, 0) is 11.3 Å². The molecule has 4 aromatic rings.